The Morgan fingerprint density at radius 1 is 1.24 bits per heavy atom. The molecule has 1 aromatic rings. The first-order chi connectivity index (χ1) is 9.77. The molecule has 0 atom stereocenters. The number of amides is 2. The second kappa shape index (κ2) is 6.96. The van der Waals surface area contributed by atoms with E-state index in [-0.39, 0.29) is 12.1 Å². The van der Waals surface area contributed by atoms with Crippen molar-refractivity contribution in [3.63, 3.8) is 0 Å². The minimum atomic E-state index is -4.64. The summed E-state index contributed by atoms with van der Waals surface area (Å²) in [5, 5.41) is 4.75. The Morgan fingerprint density at radius 3 is 2.48 bits per heavy atom. The van der Waals surface area contributed by atoms with Gasteiger partial charge in [0.1, 0.15) is 0 Å². The van der Waals surface area contributed by atoms with Crippen molar-refractivity contribution in [1.29, 1.82) is 0 Å². The van der Waals surface area contributed by atoms with Crippen molar-refractivity contribution in [2.45, 2.75) is 19.5 Å². The zero-order chi connectivity index (χ0) is 16.0. The zero-order valence-electron chi connectivity index (χ0n) is 11.4. The molecule has 0 aliphatic heterocycles. The third-order valence-corrected chi connectivity index (χ3v) is 2.64. The smallest absolute Gasteiger partial charge is 0.398 e. The van der Waals surface area contributed by atoms with Crippen molar-refractivity contribution in [2.24, 2.45) is 0 Å². The Bertz CT molecular complexity index is 530. The molecule has 5 nitrogen and oxygen atoms in total. The topological polar surface area (TPSA) is 84.2 Å². The van der Waals surface area contributed by atoms with Crippen molar-refractivity contribution < 1.29 is 22.8 Å². The number of carbonyl (C=O) groups excluding carboxylic acids is 2. The van der Waals surface area contributed by atoms with Crippen LogP contribution in [0.15, 0.2) is 18.2 Å². The van der Waals surface area contributed by atoms with Crippen LogP contribution in [0.2, 0.25) is 0 Å². The Morgan fingerprint density at radius 2 is 1.90 bits per heavy atom. The maximum absolute atomic E-state index is 12.7. The SMILES string of the molecule is CCCNC(=O)CNC(=O)c1cccc(C(F)(F)F)c1N. The molecular formula is C13H16F3N3O2. The number of nitrogens with two attached hydrogens (primary N) is 1. The fourth-order valence-electron chi connectivity index (χ4n) is 1.59. The number of alkyl halides is 3. The van der Waals surface area contributed by atoms with Crippen LogP contribution in [0.1, 0.15) is 29.3 Å². The van der Waals surface area contributed by atoms with Crippen molar-refractivity contribution >= 4 is 17.5 Å². The lowest BCUT2D eigenvalue weighted by Crippen LogP contribution is -2.37. The zero-order valence-corrected chi connectivity index (χ0v) is 11.4. The van der Waals surface area contributed by atoms with Crippen LogP contribution in [0.3, 0.4) is 0 Å². The Hall–Kier alpha value is -2.25. The average molecular weight is 303 g/mol. The summed E-state index contributed by atoms with van der Waals surface area (Å²) < 4.78 is 38.0. The minimum absolute atomic E-state index is 0.312. The number of nitrogens with one attached hydrogen (secondary N) is 2. The van der Waals surface area contributed by atoms with E-state index in [0.717, 1.165) is 18.6 Å². The number of hydrogen-bond acceptors (Lipinski definition) is 3. The normalized spacial score (nSPS) is 11.0. The molecular weight excluding hydrogens is 287 g/mol. The van der Waals surface area contributed by atoms with Gasteiger partial charge >= 0.3 is 6.18 Å². The van der Waals surface area contributed by atoms with E-state index < -0.39 is 29.2 Å². The number of benzene rings is 1. The van der Waals surface area contributed by atoms with Crippen LogP contribution in [0.5, 0.6) is 0 Å². The summed E-state index contributed by atoms with van der Waals surface area (Å²) in [6.07, 6.45) is -3.90. The van der Waals surface area contributed by atoms with Crippen LogP contribution in [-0.4, -0.2) is 24.9 Å². The molecule has 0 saturated carbocycles. The van der Waals surface area contributed by atoms with Crippen LogP contribution in [-0.2, 0) is 11.0 Å². The first kappa shape index (κ1) is 16.8. The van der Waals surface area contributed by atoms with Gasteiger partial charge in [-0.25, -0.2) is 0 Å². The van der Waals surface area contributed by atoms with Crippen molar-refractivity contribution in [1.82, 2.24) is 10.6 Å². The van der Waals surface area contributed by atoms with E-state index in [9.17, 15) is 22.8 Å². The third kappa shape index (κ3) is 4.66. The Kier molecular flexibility index (Phi) is 5.57. The van der Waals surface area contributed by atoms with Gasteiger partial charge in [-0.15, -0.1) is 0 Å². The molecule has 8 heteroatoms. The van der Waals surface area contributed by atoms with E-state index in [0.29, 0.717) is 6.54 Å². The van der Waals surface area contributed by atoms with E-state index in [2.05, 4.69) is 10.6 Å². The fourth-order valence-corrected chi connectivity index (χ4v) is 1.59. The molecule has 116 valence electrons. The summed E-state index contributed by atoms with van der Waals surface area (Å²) >= 11 is 0. The van der Waals surface area contributed by atoms with Gasteiger partial charge in [0, 0.05) is 6.54 Å². The van der Waals surface area contributed by atoms with E-state index in [1.165, 1.54) is 6.07 Å². The summed E-state index contributed by atoms with van der Waals surface area (Å²) in [7, 11) is 0. The van der Waals surface area contributed by atoms with Gasteiger partial charge in [0.2, 0.25) is 5.91 Å². The molecule has 0 saturated heterocycles. The first-order valence-corrected chi connectivity index (χ1v) is 6.28. The summed E-state index contributed by atoms with van der Waals surface area (Å²) in [5.41, 5.74) is 3.33. The van der Waals surface area contributed by atoms with Gasteiger partial charge in [-0.3, -0.25) is 9.59 Å². The molecule has 0 spiro atoms. The number of rotatable bonds is 5. The highest BCUT2D eigenvalue weighted by molar-refractivity contribution is 6.01. The summed E-state index contributed by atoms with van der Waals surface area (Å²) in [4.78, 5) is 23.1. The standard InChI is InChI=1S/C13H16F3N3O2/c1-2-6-18-10(20)7-19-12(21)8-4-3-5-9(11(8)17)13(14,15)16/h3-5H,2,6-7,17H2,1H3,(H,18,20)(H,19,21). The van der Waals surface area contributed by atoms with Gasteiger partial charge in [-0.1, -0.05) is 13.0 Å². The average Bonchev–Trinajstić information content (AvgIpc) is 2.41. The van der Waals surface area contributed by atoms with E-state index >= 15 is 0 Å². The molecule has 21 heavy (non-hydrogen) atoms. The molecule has 1 aromatic carbocycles. The van der Waals surface area contributed by atoms with Crippen LogP contribution in [0.4, 0.5) is 18.9 Å². The number of carbonyl (C=O) groups is 2. The maximum atomic E-state index is 12.7. The van der Waals surface area contributed by atoms with Crippen LogP contribution in [0, 0.1) is 0 Å². The summed E-state index contributed by atoms with van der Waals surface area (Å²) in [6.45, 7) is 2.00. The second-order valence-electron chi connectivity index (χ2n) is 4.30. The molecule has 0 aromatic heterocycles. The van der Waals surface area contributed by atoms with Gasteiger partial charge in [-0.2, -0.15) is 13.2 Å². The van der Waals surface area contributed by atoms with Crippen molar-refractivity contribution in [2.75, 3.05) is 18.8 Å². The van der Waals surface area contributed by atoms with Gasteiger partial charge in [0.25, 0.3) is 5.91 Å². The van der Waals surface area contributed by atoms with Gasteiger partial charge < -0.3 is 16.4 Å². The number of hydrogen-bond donors (Lipinski definition) is 3. The van der Waals surface area contributed by atoms with Gasteiger partial charge in [0.05, 0.1) is 23.4 Å². The fraction of sp³-hybridized carbons (Fsp3) is 0.385. The van der Waals surface area contributed by atoms with Crippen molar-refractivity contribution in [3.8, 4) is 0 Å². The Balaban J connectivity index is 2.78. The van der Waals surface area contributed by atoms with Gasteiger partial charge in [0.15, 0.2) is 0 Å². The number of nitrogen functional groups attached to an aromatic ring is 1. The summed E-state index contributed by atoms with van der Waals surface area (Å²) in [5.74, 6) is -1.25. The molecule has 0 fully saturated rings. The lowest BCUT2D eigenvalue weighted by atomic mass is 10.1. The quantitative estimate of drug-likeness (QED) is 0.721. The highest BCUT2D eigenvalue weighted by atomic mass is 19.4. The highest BCUT2D eigenvalue weighted by Gasteiger charge is 2.34. The lowest BCUT2D eigenvalue weighted by molar-refractivity contribution is -0.137. The van der Waals surface area contributed by atoms with Gasteiger partial charge in [-0.05, 0) is 18.6 Å². The predicted molar refractivity (Wildman–Crippen MR) is 71.5 cm³/mol. The third-order valence-electron chi connectivity index (χ3n) is 2.64. The second-order valence-corrected chi connectivity index (χ2v) is 4.30. The molecule has 0 unspecified atom stereocenters. The summed E-state index contributed by atoms with van der Waals surface area (Å²) in [6, 6.07) is 3.05. The van der Waals surface area contributed by atoms with E-state index in [1.807, 2.05) is 6.92 Å². The molecule has 2 amide bonds. The first-order valence-electron chi connectivity index (χ1n) is 6.28. The molecule has 1 rings (SSSR count). The van der Waals surface area contributed by atoms with E-state index in [1.54, 1.807) is 0 Å². The molecule has 4 N–H and O–H groups in total. The maximum Gasteiger partial charge on any atom is 0.418 e. The molecule has 0 radical (unpaired) electrons. The van der Waals surface area contributed by atoms with Crippen molar-refractivity contribution in [3.05, 3.63) is 29.3 Å². The van der Waals surface area contributed by atoms with E-state index in [4.69, 9.17) is 5.73 Å². The number of anilines is 1. The molecule has 0 bridgehead atoms. The van der Waals surface area contributed by atoms with Crippen LogP contribution < -0.4 is 16.4 Å². The minimum Gasteiger partial charge on any atom is -0.398 e. The number of halogens is 3. The largest absolute Gasteiger partial charge is 0.418 e. The molecule has 0 aliphatic carbocycles. The monoisotopic (exact) mass is 303 g/mol. The molecule has 0 heterocycles. The lowest BCUT2D eigenvalue weighted by Gasteiger charge is -2.13. The highest BCUT2D eigenvalue weighted by Crippen LogP contribution is 2.34. The number of para-hydroxylation sites is 1. The molecule has 0 aliphatic rings. The van der Waals surface area contributed by atoms with Crippen LogP contribution in [0.25, 0.3) is 0 Å². The Labute approximate surface area is 119 Å². The van der Waals surface area contributed by atoms with Crippen LogP contribution >= 0.6 is 0 Å². The predicted octanol–water partition coefficient (Wildman–Crippen LogP) is 1.54.